The highest BCUT2D eigenvalue weighted by Crippen LogP contribution is 2.45. The normalized spacial score (nSPS) is 18.8. The molecule has 3 heterocycles. The third-order valence-corrected chi connectivity index (χ3v) is 7.79. The van der Waals surface area contributed by atoms with Gasteiger partial charge in [0.05, 0.1) is 30.1 Å². The van der Waals surface area contributed by atoms with E-state index in [1.165, 1.54) is 31.2 Å². The van der Waals surface area contributed by atoms with Crippen LogP contribution in [0.2, 0.25) is 0 Å². The number of nitrogens with zero attached hydrogens (tertiary/aromatic N) is 2. The van der Waals surface area contributed by atoms with Gasteiger partial charge >= 0.3 is 0 Å². The number of carbonyl (C=O) groups excluding carboxylic acids is 2. The number of halogens is 1. The van der Waals surface area contributed by atoms with Crippen LogP contribution in [0, 0.1) is 12.7 Å². The SMILES string of the molecule is Cc1cnc(-c2ccc(C(=O)NC[C@](C)(O)c3cc4c(c(-c5ccc(F)cc5)n3)OC[C@]4(C)C(N)=O)cc2OC2CC2)o1. The van der Waals surface area contributed by atoms with Crippen LogP contribution in [0.4, 0.5) is 4.39 Å². The van der Waals surface area contributed by atoms with Gasteiger partial charge in [0.25, 0.3) is 5.91 Å². The minimum Gasteiger partial charge on any atom is -0.490 e. The molecule has 43 heavy (non-hydrogen) atoms. The molecule has 222 valence electrons. The number of pyridine rings is 1. The number of nitrogens with two attached hydrogens (primary N) is 1. The van der Waals surface area contributed by atoms with E-state index in [1.807, 2.05) is 0 Å². The molecule has 1 saturated carbocycles. The van der Waals surface area contributed by atoms with Crippen LogP contribution in [-0.4, -0.2) is 46.1 Å². The Morgan fingerprint density at radius 2 is 1.95 bits per heavy atom. The maximum Gasteiger partial charge on any atom is 0.251 e. The van der Waals surface area contributed by atoms with Crippen LogP contribution in [0.3, 0.4) is 0 Å². The summed E-state index contributed by atoms with van der Waals surface area (Å²) in [5.74, 6) is 0.398. The third kappa shape index (κ3) is 5.43. The topological polar surface area (TPSA) is 150 Å². The van der Waals surface area contributed by atoms with Gasteiger partial charge < -0.3 is 30.0 Å². The monoisotopic (exact) mass is 586 g/mol. The summed E-state index contributed by atoms with van der Waals surface area (Å²) in [4.78, 5) is 34.7. The van der Waals surface area contributed by atoms with E-state index >= 15 is 0 Å². The van der Waals surface area contributed by atoms with Crippen LogP contribution in [0.25, 0.3) is 22.7 Å². The van der Waals surface area contributed by atoms with Crippen LogP contribution < -0.4 is 20.5 Å². The number of nitrogens with one attached hydrogen (secondary N) is 1. The zero-order chi connectivity index (χ0) is 30.5. The summed E-state index contributed by atoms with van der Waals surface area (Å²) in [7, 11) is 0. The summed E-state index contributed by atoms with van der Waals surface area (Å²) >= 11 is 0. The second-order valence-electron chi connectivity index (χ2n) is 11.5. The molecule has 1 fully saturated rings. The van der Waals surface area contributed by atoms with Crippen molar-refractivity contribution in [2.75, 3.05) is 13.2 Å². The van der Waals surface area contributed by atoms with E-state index < -0.39 is 28.6 Å². The number of amides is 2. The van der Waals surface area contributed by atoms with Crippen molar-refractivity contribution in [1.29, 1.82) is 0 Å². The average Bonchev–Trinajstić information content (AvgIpc) is 3.58. The quantitative estimate of drug-likeness (QED) is 0.265. The van der Waals surface area contributed by atoms with E-state index in [9.17, 15) is 19.1 Å². The Hall–Kier alpha value is -4.77. The van der Waals surface area contributed by atoms with Gasteiger partial charge in [-0.2, -0.15) is 0 Å². The standard InChI is InChI=1S/C32H31FN4O6/c1-17-14-35-29(42-17)22-11-6-19(12-24(22)43-21-9-10-21)28(38)36-15-32(3,40)25-13-23-27(41-16-31(23,2)30(34)39)26(37-25)18-4-7-20(33)8-5-18/h4-8,11-14,21,40H,9-10,15-16H2,1-3H3,(H2,34,39)(H,36,38)/t31-,32-/m0/s1. The molecule has 0 bridgehead atoms. The summed E-state index contributed by atoms with van der Waals surface area (Å²) in [6.45, 7) is 4.73. The molecular weight excluding hydrogens is 555 g/mol. The molecule has 11 heteroatoms. The maximum absolute atomic E-state index is 13.7. The number of hydrogen-bond acceptors (Lipinski definition) is 8. The number of aliphatic hydroxyl groups is 1. The largest absolute Gasteiger partial charge is 0.490 e. The van der Waals surface area contributed by atoms with Gasteiger partial charge in [-0.15, -0.1) is 0 Å². The lowest BCUT2D eigenvalue weighted by atomic mass is 9.82. The van der Waals surface area contributed by atoms with E-state index in [0.29, 0.717) is 51.1 Å². The first kappa shape index (κ1) is 28.4. The molecule has 10 nitrogen and oxygen atoms in total. The van der Waals surface area contributed by atoms with Crippen LogP contribution in [0.15, 0.2) is 59.1 Å². The first-order chi connectivity index (χ1) is 20.4. The Balaban J connectivity index is 1.29. The fourth-order valence-electron chi connectivity index (χ4n) is 4.89. The summed E-state index contributed by atoms with van der Waals surface area (Å²) in [5, 5.41) is 14.4. The van der Waals surface area contributed by atoms with Gasteiger partial charge in [-0.05, 0) is 82.1 Å². The van der Waals surface area contributed by atoms with Crippen molar-refractivity contribution in [1.82, 2.24) is 15.3 Å². The van der Waals surface area contributed by atoms with Gasteiger partial charge in [0, 0.05) is 16.7 Å². The summed E-state index contributed by atoms with van der Waals surface area (Å²) in [6.07, 6.45) is 3.55. The number of primary amides is 1. The maximum atomic E-state index is 13.7. The molecule has 2 aromatic heterocycles. The molecule has 2 atom stereocenters. The van der Waals surface area contributed by atoms with E-state index in [1.54, 1.807) is 44.3 Å². The number of rotatable bonds is 9. The molecule has 4 aromatic rings. The first-order valence-electron chi connectivity index (χ1n) is 13.9. The average molecular weight is 587 g/mol. The van der Waals surface area contributed by atoms with Crippen LogP contribution in [0.5, 0.6) is 11.5 Å². The van der Waals surface area contributed by atoms with E-state index in [-0.39, 0.29) is 24.9 Å². The highest BCUT2D eigenvalue weighted by molar-refractivity contribution is 5.95. The van der Waals surface area contributed by atoms with Crippen molar-refractivity contribution in [2.24, 2.45) is 5.73 Å². The number of fused-ring (bicyclic) bond motifs is 1. The molecule has 2 aromatic carbocycles. The van der Waals surface area contributed by atoms with Crippen molar-refractivity contribution < 1.29 is 33.0 Å². The van der Waals surface area contributed by atoms with Gasteiger partial charge in [0.2, 0.25) is 11.8 Å². The molecule has 6 rings (SSSR count). The number of aryl methyl sites for hydroxylation is 1. The molecule has 2 amide bonds. The number of hydrogen-bond donors (Lipinski definition) is 3. The van der Waals surface area contributed by atoms with Crippen LogP contribution in [-0.2, 0) is 15.8 Å². The highest BCUT2D eigenvalue weighted by atomic mass is 19.1. The third-order valence-electron chi connectivity index (χ3n) is 7.79. The van der Waals surface area contributed by atoms with Crippen molar-refractivity contribution in [3.8, 4) is 34.2 Å². The smallest absolute Gasteiger partial charge is 0.251 e. The van der Waals surface area contributed by atoms with Crippen molar-refractivity contribution in [2.45, 2.75) is 50.7 Å². The zero-order valence-electron chi connectivity index (χ0n) is 23.9. The predicted molar refractivity (Wildman–Crippen MR) is 154 cm³/mol. The Labute approximate surface area is 247 Å². The lowest BCUT2D eigenvalue weighted by Crippen LogP contribution is -2.41. The summed E-state index contributed by atoms with van der Waals surface area (Å²) in [5.41, 5.74) is 5.33. The summed E-state index contributed by atoms with van der Waals surface area (Å²) in [6, 6.07) is 12.2. The molecular formula is C32H31FN4O6. The predicted octanol–water partition coefficient (Wildman–Crippen LogP) is 4.17. The molecule has 2 aliphatic rings. The van der Waals surface area contributed by atoms with E-state index in [0.717, 1.165) is 12.8 Å². The lowest BCUT2D eigenvalue weighted by molar-refractivity contribution is -0.123. The Morgan fingerprint density at radius 1 is 1.21 bits per heavy atom. The molecule has 0 radical (unpaired) electrons. The van der Waals surface area contributed by atoms with Gasteiger partial charge in [-0.1, -0.05) is 0 Å². The Morgan fingerprint density at radius 3 is 2.60 bits per heavy atom. The Kier molecular flexibility index (Phi) is 6.92. The number of ether oxygens (including phenoxy) is 2. The van der Waals surface area contributed by atoms with Gasteiger partial charge in [-0.3, -0.25) is 9.59 Å². The molecule has 4 N–H and O–H groups in total. The van der Waals surface area contributed by atoms with Crippen molar-refractivity contribution in [3.05, 3.63) is 83.1 Å². The molecule has 0 unspecified atom stereocenters. The van der Waals surface area contributed by atoms with Gasteiger partial charge in [0.15, 0.2) is 0 Å². The zero-order valence-corrected chi connectivity index (χ0v) is 23.9. The van der Waals surface area contributed by atoms with Crippen LogP contribution >= 0.6 is 0 Å². The second-order valence-corrected chi connectivity index (χ2v) is 11.5. The van der Waals surface area contributed by atoms with Gasteiger partial charge in [0.1, 0.15) is 46.4 Å². The molecule has 1 aliphatic carbocycles. The second kappa shape index (κ2) is 10.5. The highest BCUT2D eigenvalue weighted by Gasteiger charge is 2.45. The van der Waals surface area contributed by atoms with Crippen LogP contribution in [0.1, 0.15) is 54.1 Å². The fraction of sp³-hybridized carbons (Fsp3) is 0.312. The van der Waals surface area contributed by atoms with Gasteiger partial charge in [-0.25, -0.2) is 14.4 Å². The number of benzene rings is 2. The van der Waals surface area contributed by atoms with E-state index in [4.69, 9.17) is 19.6 Å². The minimum atomic E-state index is -1.68. The first-order valence-corrected chi connectivity index (χ1v) is 13.9. The minimum absolute atomic E-state index is 0.00970. The molecule has 0 spiro atoms. The Bertz CT molecular complexity index is 1730. The summed E-state index contributed by atoms with van der Waals surface area (Å²) < 4.78 is 31.3. The molecule has 1 aliphatic heterocycles. The molecule has 0 saturated heterocycles. The van der Waals surface area contributed by atoms with Crippen molar-refractivity contribution in [3.63, 3.8) is 0 Å². The fourth-order valence-corrected chi connectivity index (χ4v) is 4.89. The number of aromatic nitrogens is 2. The number of carbonyl (C=O) groups is 2. The van der Waals surface area contributed by atoms with Crippen molar-refractivity contribution >= 4 is 11.8 Å². The lowest BCUT2D eigenvalue weighted by Gasteiger charge is -2.26. The van der Waals surface area contributed by atoms with E-state index in [2.05, 4.69) is 15.3 Å². The number of oxazole rings is 1.